The lowest BCUT2D eigenvalue weighted by molar-refractivity contribution is -0.142. The number of ether oxygens (including phenoxy) is 1. The van der Waals surface area contributed by atoms with Gasteiger partial charge in [0.15, 0.2) is 6.61 Å². The van der Waals surface area contributed by atoms with Crippen molar-refractivity contribution in [2.45, 2.75) is 52.1 Å². The van der Waals surface area contributed by atoms with Gasteiger partial charge < -0.3 is 15.0 Å². The topological polar surface area (TPSA) is 58.6 Å². The van der Waals surface area contributed by atoms with Crippen LogP contribution in [-0.2, 0) is 16.0 Å². The van der Waals surface area contributed by atoms with Gasteiger partial charge in [0.25, 0.3) is 5.91 Å². The summed E-state index contributed by atoms with van der Waals surface area (Å²) in [7, 11) is 0. The highest BCUT2D eigenvalue weighted by atomic mass is 19.1. The van der Waals surface area contributed by atoms with Crippen LogP contribution in [0.3, 0.4) is 0 Å². The number of hydrogen-bond donors (Lipinski definition) is 1. The average molecular weight is 415 g/mol. The molecular weight excluding hydrogens is 383 g/mol. The number of nitrogens with one attached hydrogen (secondary N) is 1. The molecule has 0 aliphatic carbocycles. The second kappa shape index (κ2) is 12.0. The Morgan fingerprint density at radius 3 is 2.30 bits per heavy atom. The quantitative estimate of drug-likeness (QED) is 0.605. The van der Waals surface area contributed by atoms with Gasteiger partial charge in [-0.2, -0.15) is 0 Å². The van der Waals surface area contributed by atoms with E-state index in [2.05, 4.69) is 5.32 Å². The predicted molar refractivity (Wildman–Crippen MR) is 116 cm³/mol. The van der Waals surface area contributed by atoms with Crippen molar-refractivity contribution in [1.29, 1.82) is 0 Å². The zero-order valence-electron chi connectivity index (χ0n) is 17.9. The van der Waals surface area contributed by atoms with E-state index in [9.17, 15) is 14.0 Å². The van der Waals surface area contributed by atoms with Gasteiger partial charge in [0.2, 0.25) is 5.91 Å². The zero-order valence-corrected chi connectivity index (χ0v) is 17.9. The number of rotatable bonds is 11. The van der Waals surface area contributed by atoms with E-state index in [1.807, 2.05) is 51.1 Å². The van der Waals surface area contributed by atoms with Gasteiger partial charge in [-0.15, -0.1) is 0 Å². The van der Waals surface area contributed by atoms with E-state index in [4.69, 9.17) is 4.74 Å². The van der Waals surface area contributed by atoms with Crippen LogP contribution in [0.1, 0.15) is 39.2 Å². The van der Waals surface area contributed by atoms with Crippen molar-refractivity contribution in [2.24, 2.45) is 0 Å². The minimum Gasteiger partial charge on any atom is -0.484 e. The Morgan fingerprint density at radius 2 is 1.70 bits per heavy atom. The van der Waals surface area contributed by atoms with Crippen LogP contribution in [-0.4, -0.2) is 41.9 Å². The molecule has 2 rings (SSSR count). The molecule has 2 aromatic rings. The summed E-state index contributed by atoms with van der Waals surface area (Å²) < 4.78 is 18.6. The first-order chi connectivity index (χ1) is 14.4. The minimum atomic E-state index is -0.577. The van der Waals surface area contributed by atoms with Crippen LogP contribution in [0.2, 0.25) is 0 Å². The molecule has 2 amide bonds. The van der Waals surface area contributed by atoms with Gasteiger partial charge in [0, 0.05) is 12.6 Å². The van der Waals surface area contributed by atoms with Crippen LogP contribution < -0.4 is 10.1 Å². The highest BCUT2D eigenvalue weighted by molar-refractivity contribution is 5.88. The van der Waals surface area contributed by atoms with Crippen molar-refractivity contribution in [3.63, 3.8) is 0 Å². The number of nitrogens with zero attached hydrogens (tertiary/aromatic N) is 1. The molecule has 30 heavy (non-hydrogen) atoms. The Hall–Kier alpha value is -2.89. The third-order valence-electron chi connectivity index (χ3n) is 5.05. The molecule has 2 atom stereocenters. The van der Waals surface area contributed by atoms with Gasteiger partial charge in [-0.1, -0.05) is 44.2 Å². The maximum atomic E-state index is 13.1. The van der Waals surface area contributed by atoms with Crippen molar-refractivity contribution in [1.82, 2.24) is 10.2 Å². The summed E-state index contributed by atoms with van der Waals surface area (Å²) >= 11 is 0. The van der Waals surface area contributed by atoms with Crippen molar-refractivity contribution < 1.29 is 18.7 Å². The number of halogens is 1. The van der Waals surface area contributed by atoms with Crippen molar-refractivity contribution in [3.05, 3.63) is 66.0 Å². The van der Waals surface area contributed by atoms with Gasteiger partial charge in [0.1, 0.15) is 17.6 Å². The number of hydrogen-bond acceptors (Lipinski definition) is 3. The monoisotopic (exact) mass is 414 g/mol. The summed E-state index contributed by atoms with van der Waals surface area (Å²) in [5.41, 5.74) is 1.09. The Morgan fingerprint density at radius 1 is 1.03 bits per heavy atom. The summed E-state index contributed by atoms with van der Waals surface area (Å²) in [6, 6.07) is 14.8. The molecule has 0 aromatic heterocycles. The van der Waals surface area contributed by atoms with Crippen LogP contribution in [0.15, 0.2) is 54.6 Å². The van der Waals surface area contributed by atoms with Crippen molar-refractivity contribution >= 4 is 11.8 Å². The molecule has 0 saturated heterocycles. The van der Waals surface area contributed by atoms with E-state index >= 15 is 0 Å². The first-order valence-corrected chi connectivity index (χ1v) is 10.5. The van der Waals surface area contributed by atoms with E-state index in [1.165, 1.54) is 24.3 Å². The molecule has 0 fully saturated rings. The van der Waals surface area contributed by atoms with E-state index in [0.29, 0.717) is 25.1 Å². The van der Waals surface area contributed by atoms with Crippen molar-refractivity contribution in [3.8, 4) is 5.75 Å². The smallest absolute Gasteiger partial charge is 0.261 e. The molecule has 0 heterocycles. The van der Waals surface area contributed by atoms with Gasteiger partial charge >= 0.3 is 0 Å². The molecule has 0 aliphatic rings. The zero-order chi connectivity index (χ0) is 21.9. The third kappa shape index (κ3) is 7.17. The first kappa shape index (κ1) is 23.4. The average Bonchev–Trinajstić information content (AvgIpc) is 2.76. The molecule has 1 N–H and O–H groups in total. The number of carbonyl (C=O) groups is 2. The van der Waals surface area contributed by atoms with Crippen LogP contribution in [0.5, 0.6) is 5.75 Å². The van der Waals surface area contributed by atoms with E-state index < -0.39 is 6.04 Å². The van der Waals surface area contributed by atoms with Gasteiger partial charge in [-0.3, -0.25) is 9.59 Å². The molecule has 5 nitrogen and oxygen atoms in total. The lowest BCUT2D eigenvalue weighted by atomic mass is 10.1. The van der Waals surface area contributed by atoms with Crippen molar-refractivity contribution in [2.75, 3.05) is 13.2 Å². The van der Waals surface area contributed by atoms with Crippen LogP contribution >= 0.6 is 0 Å². The third-order valence-corrected chi connectivity index (χ3v) is 5.05. The lowest BCUT2D eigenvalue weighted by Crippen LogP contribution is -2.52. The minimum absolute atomic E-state index is 0.0353. The van der Waals surface area contributed by atoms with Crippen LogP contribution in [0.4, 0.5) is 4.39 Å². The Kier molecular flexibility index (Phi) is 9.32. The fourth-order valence-corrected chi connectivity index (χ4v) is 3.10. The standard InChI is InChI=1S/C24H31FN2O3/c1-4-18(3)26-24(29)22(5-2)27(16-15-19-9-7-6-8-10-19)23(28)17-30-21-13-11-20(25)12-14-21/h6-14,18,22H,4-5,15-17H2,1-3H3,(H,26,29)/t18-,22-/m1/s1. The summed E-state index contributed by atoms with van der Waals surface area (Å²) in [6.07, 6.45) is 1.95. The van der Waals surface area contributed by atoms with Gasteiger partial charge in [-0.05, 0) is 56.0 Å². The molecule has 6 heteroatoms. The first-order valence-electron chi connectivity index (χ1n) is 10.5. The second-order valence-electron chi connectivity index (χ2n) is 7.31. The van der Waals surface area contributed by atoms with Gasteiger partial charge in [-0.25, -0.2) is 4.39 Å². The molecule has 0 bridgehead atoms. The second-order valence-corrected chi connectivity index (χ2v) is 7.31. The summed E-state index contributed by atoms with van der Waals surface area (Å²) in [6.45, 7) is 6.03. The number of carbonyl (C=O) groups excluding carboxylic acids is 2. The van der Waals surface area contributed by atoms with E-state index in [0.717, 1.165) is 12.0 Å². The van der Waals surface area contributed by atoms with E-state index in [-0.39, 0.29) is 30.3 Å². The molecule has 0 saturated carbocycles. The largest absolute Gasteiger partial charge is 0.484 e. The fourth-order valence-electron chi connectivity index (χ4n) is 3.10. The Bertz CT molecular complexity index is 796. The normalized spacial score (nSPS) is 12.7. The Labute approximate surface area is 178 Å². The number of benzene rings is 2. The fraction of sp³-hybridized carbons (Fsp3) is 0.417. The highest BCUT2D eigenvalue weighted by Gasteiger charge is 2.29. The molecule has 0 aliphatic heterocycles. The maximum Gasteiger partial charge on any atom is 0.261 e. The predicted octanol–water partition coefficient (Wildman–Crippen LogP) is 3.97. The van der Waals surface area contributed by atoms with E-state index in [1.54, 1.807) is 4.90 Å². The summed E-state index contributed by atoms with van der Waals surface area (Å²) in [4.78, 5) is 27.4. The molecule has 162 valence electrons. The lowest BCUT2D eigenvalue weighted by Gasteiger charge is -2.31. The Balaban J connectivity index is 2.11. The van der Waals surface area contributed by atoms with Gasteiger partial charge in [0.05, 0.1) is 0 Å². The number of amides is 2. The SMILES string of the molecule is CC[C@@H](C)NC(=O)[C@@H](CC)N(CCc1ccccc1)C(=O)COc1ccc(F)cc1. The molecular formula is C24H31FN2O3. The summed E-state index contributed by atoms with van der Waals surface area (Å²) in [5.74, 6) is -0.396. The summed E-state index contributed by atoms with van der Waals surface area (Å²) in [5, 5.41) is 2.98. The van der Waals surface area contributed by atoms with Crippen LogP contribution in [0, 0.1) is 5.82 Å². The molecule has 0 unspecified atom stereocenters. The maximum absolute atomic E-state index is 13.1. The molecule has 0 spiro atoms. The molecule has 2 aromatic carbocycles. The highest BCUT2D eigenvalue weighted by Crippen LogP contribution is 2.13. The van der Waals surface area contributed by atoms with Crippen LogP contribution in [0.25, 0.3) is 0 Å². The molecule has 0 radical (unpaired) electrons.